The first kappa shape index (κ1) is 14.0. The Morgan fingerprint density at radius 1 is 1.37 bits per heavy atom. The van der Waals surface area contributed by atoms with Crippen LogP contribution < -0.4 is 0 Å². The van der Waals surface area contributed by atoms with Crippen LogP contribution in [0.4, 0.5) is 4.39 Å². The van der Waals surface area contributed by atoms with Crippen LogP contribution in [-0.4, -0.2) is 42.0 Å². The smallest absolute Gasteiger partial charge is 0.124 e. The summed E-state index contributed by atoms with van der Waals surface area (Å²) in [5.41, 5.74) is 1.28. The maximum Gasteiger partial charge on any atom is 0.124 e. The molecule has 1 fully saturated rings. The molecule has 1 aliphatic rings. The summed E-state index contributed by atoms with van der Waals surface area (Å²) in [6.45, 7) is 9.24. The average molecular weight is 261 g/mol. The average Bonchev–Trinajstić information content (AvgIpc) is 2.38. The molecule has 0 spiro atoms. The topological polar surface area (TPSA) is 30.3 Å². The van der Waals surface area contributed by atoms with Gasteiger partial charge in [-0.2, -0.15) is 5.26 Å². The molecule has 1 aromatic carbocycles. The van der Waals surface area contributed by atoms with Gasteiger partial charge in [0.05, 0.1) is 11.6 Å². The van der Waals surface area contributed by atoms with E-state index in [2.05, 4.69) is 23.6 Å². The molecule has 0 radical (unpaired) electrons. The van der Waals surface area contributed by atoms with Crippen molar-refractivity contribution in [3.63, 3.8) is 0 Å². The predicted octanol–water partition coefficient (Wildman–Crippen LogP) is 2.22. The maximum absolute atomic E-state index is 13.4. The number of hydrogen-bond donors (Lipinski definition) is 0. The van der Waals surface area contributed by atoms with Gasteiger partial charge in [-0.25, -0.2) is 4.39 Å². The molecule has 1 unspecified atom stereocenters. The van der Waals surface area contributed by atoms with E-state index in [1.807, 2.05) is 6.07 Å². The Hall–Kier alpha value is -1.44. The Bertz CT molecular complexity index is 481. The van der Waals surface area contributed by atoms with Crippen molar-refractivity contribution in [3.8, 4) is 6.07 Å². The third-order valence-electron chi connectivity index (χ3n) is 3.75. The highest BCUT2D eigenvalue weighted by Gasteiger charge is 2.22. The lowest BCUT2D eigenvalue weighted by Gasteiger charge is -2.39. The second-order valence-corrected chi connectivity index (χ2v) is 5.17. The summed E-state index contributed by atoms with van der Waals surface area (Å²) in [5, 5.41) is 8.86. The van der Waals surface area contributed by atoms with Gasteiger partial charge in [0.1, 0.15) is 5.82 Å². The van der Waals surface area contributed by atoms with Crippen LogP contribution in [0.15, 0.2) is 18.2 Å². The van der Waals surface area contributed by atoms with E-state index in [9.17, 15) is 4.39 Å². The summed E-state index contributed by atoms with van der Waals surface area (Å²) in [4.78, 5) is 4.77. The third kappa shape index (κ3) is 3.52. The van der Waals surface area contributed by atoms with Crippen molar-refractivity contribution in [3.05, 3.63) is 35.1 Å². The lowest BCUT2D eigenvalue weighted by atomic mass is 10.1. The first-order valence-corrected chi connectivity index (χ1v) is 6.78. The summed E-state index contributed by atoms with van der Waals surface area (Å²) >= 11 is 0. The lowest BCUT2D eigenvalue weighted by Crippen LogP contribution is -2.51. The van der Waals surface area contributed by atoms with Crippen LogP contribution in [0.3, 0.4) is 0 Å². The van der Waals surface area contributed by atoms with Crippen LogP contribution in [0.1, 0.15) is 25.0 Å². The van der Waals surface area contributed by atoms with Crippen molar-refractivity contribution < 1.29 is 4.39 Å². The number of benzene rings is 1. The molecule has 0 aromatic heterocycles. The number of nitriles is 1. The zero-order valence-corrected chi connectivity index (χ0v) is 11.6. The molecule has 102 valence electrons. The van der Waals surface area contributed by atoms with Crippen LogP contribution in [0.25, 0.3) is 0 Å². The SMILES string of the molecule is CCN1CCN(Cc2cc(F)cc(C#N)c2)CC1C. The van der Waals surface area contributed by atoms with Crippen molar-refractivity contribution in [2.75, 3.05) is 26.2 Å². The second kappa shape index (κ2) is 6.14. The second-order valence-electron chi connectivity index (χ2n) is 5.17. The monoisotopic (exact) mass is 261 g/mol. The summed E-state index contributed by atoms with van der Waals surface area (Å²) in [5.74, 6) is -0.325. The number of halogens is 1. The number of nitrogens with zero attached hydrogens (tertiary/aromatic N) is 3. The molecule has 4 heteroatoms. The molecule has 0 aliphatic carbocycles. The molecular weight excluding hydrogens is 241 g/mol. The van der Waals surface area contributed by atoms with Gasteiger partial charge < -0.3 is 0 Å². The number of rotatable bonds is 3. The molecule has 2 rings (SSSR count). The van der Waals surface area contributed by atoms with Gasteiger partial charge >= 0.3 is 0 Å². The van der Waals surface area contributed by atoms with Gasteiger partial charge in [0.2, 0.25) is 0 Å². The Balaban J connectivity index is 2.02. The first-order chi connectivity index (χ1) is 9.12. The van der Waals surface area contributed by atoms with Gasteiger partial charge in [0.15, 0.2) is 0 Å². The Morgan fingerprint density at radius 3 is 2.79 bits per heavy atom. The molecule has 0 bridgehead atoms. The van der Waals surface area contributed by atoms with Crippen molar-refractivity contribution in [2.24, 2.45) is 0 Å². The van der Waals surface area contributed by atoms with E-state index in [0.717, 1.165) is 31.7 Å². The Kier molecular flexibility index (Phi) is 4.52. The summed E-state index contributed by atoms with van der Waals surface area (Å²) < 4.78 is 13.4. The van der Waals surface area contributed by atoms with Crippen LogP contribution in [-0.2, 0) is 6.54 Å². The van der Waals surface area contributed by atoms with Crippen LogP contribution in [0.2, 0.25) is 0 Å². The minimum Gasteiger partial charge on any atom is -0.298 e. The van der Waals surface area contributed by atoms with Crippen molar-refractivity contribution in [1.82, 2.24) is 9.80 Å². The Morgan fingerprint density at radius 2 is 2.16 bits per heavy atom. The van der Waals surface area contributed by atoms with E-state index in [-0.39, 0.29) is 5.82 Å². The Labute approximate surface area is 114 Å². The van der Waals surface area contributed by atoms with Crippen LogP contribution >= 0.6 is 0 Å². The van der Waals surface area contributed by atoms with Gasteiger partial charge in [-0.15, -0.1) is 0 Å². The lowest BCUT2D eigenvalue weighted by molar-refractivity contribution is 0.0834. The highest BCUT2D eigenvalue weighted by Crippen LogP contribution is 2.15. The molecule has 1 heterocycles. The molecule has 0 saturated carbocycles. The number of hydrogen-bond acceptors (Lipinski definition) is 3. The maximum atomic E-state index is 13.4. The number of piperazine rings is 1. The molecular formula is C15H20FN3. The van der Waals surface area contributed by atoms with Gasteiger partial charge in [-0.1, -0.05) is 6.92 Å². The van der Waals surface area contributed by atoms with E-state index in [1.54, 1.807) is 6.07 Å². The van der Waals surface area contributed by atoms with Gasteiger partial charge in [0.25, 0.3) is 0 Å². The van der Waals surface area contributed by atoms with E-state index >= 15 is 0 Å². The zero-order valence-electron chi connectivity index (χ0n) is 11.6. The van der Waals surface area contributed by atoms with Crippen LogP contribution in [0, 0.1) is 17.1 Å². The minimum atomic E-state index is -0.325. The third-order valence-corrected chi connectivity index (χ3v) is 3.75. The van der Waals surface area contributed by atoms with Gasteiger partial charge in [-0.05, 0) is 37.2 Å². The normalized spacial score (nSPS) is 21.3. The quantitative estimate of drug-likeness (QED) is 0.836. The van der Waals surface area contributed by atoms with Crippen LogP contribution in [0.5, 0.6) is 0 Å². The molecule has 1 aromatic rings. The molecule has 0 N–H and O–H groups in total. The molecule has 19 heavy (non-hydrogen) atoms. The largest absolute Gasteiger partial charge is 0.298 e. The number of likely N-dealkylation sites (N-methyl/N-ethyl adjacent to an activating group) is 1. The summed E-state index contributed by atoms with van der Waals surface area (Å²) in [7, 11) is 0. The summed E-state index contributed by atoms with van der Waals surface area (Å²) in [6.07, 6.45) is 0. The van der Waals surface area contributed by atoms with Crippen molar-refractivity contribution >= 4 is 0 Å². The van der Waals surface area contributed by atoms with Crippen molar-refractivity contribution in [1.29, 1.82) is 5.26 Å². The zero-order chi connectivity index (χ0) is 13.8. The molecule has 1 saturated heterocycles. The molecule has 0 amide bonds. The summed E-state index contributed by atoms with van der Waals surface area (Å²) in [6, 6.07) is 7.12. The van der Waals surface area contributed by atoms with E-state index in [4.69, 9.17) is 5.26 Å². The van der Waals surface area contributed by atoms with E-state index < -0.39 is 0 Å². The fraction of sp³-hybridized carbons (Fsp3) is 0.533. The fourth-order valence-corrected chi connectivity index (χ4v) is 2.75. The first-order valence-electron chi connectivity index (χ1n) is 6.78. The van der Waals surface area contributed by atoms with Gasteiger partial charge in [-0.3, -0.25) is 9.80 Å². The minimum absolute atomic E-state index is 0.325. The highest BCUT2D eigenvalue weighted by atomic mass is 19.1. The molecule has 1 aliphatic heterocycles. The molecule has 3 nitrogen and oxygen atoms in total. The molecule has 1 atom stereocenters. The van der Waals surface area contributed by atoms with Gasteiger partial charge in [0, 0.05) is 32.2 Å². The predicted molar refractivity (Wildman–Crippen MR) is 73.1 cm³/mol. The van der Waals surface area contributed by atoms with E-state index in [1.165, 1.54) is 12.1 Å². The van der Waals surface area contributed by atoms with E-state index in [0.29, 0.717) is 18.2 Å². The standard InChI is InChI=1S/C15H20FN3/c1-3-19-5-4-18(10-12(19)2)11-14-6-13(9-17)7-15(16)8-14/h6-8,12H,3-5,10-11H2,1-2H3. The highest BCUT2D eigenvalue weighted by molar-refractivity contribution is 5.33. The fourth-order valence-electron chi connectivity index (χ4n) is 2.75. The van der Waals surface area contributed by atoms with Crippen molar-refractivity contribution in [2.45, 2.75) is 26.4 Å².